The SMILES string of the molecule is Cc1sc(CN2CCNCC2)cc1[N+](=O)[O-]. The first-order chi connectivity index (χ1) is 7.66. The highest BCUT2D eigenvalue weighted by Gasteiger charge is 2.17. The van der Waals surface area contributed by atoms with E-state index in [2.05, 4.69) is 10.2 Å². The normalized spacial score (nSPS) is 17.6. The molecule has 0 radical (unpaired) electrons. The van der Waals surface area contributed by atoms with Crippen LogP contribution in [0.4, 0.5) is 5.69 Å². The zero-order valence-corrected chi connectivity index (χ0v) is 10.0. The van der Waals surface area contributed by atoms with E-state index in [0.717, 1.165) is 42.5 Å². The molecule has 0 aliphatic carbocycles. The Morgan fingerprint density at radius 3 is 2.81 bits per heavy atom. The summed E-state index contributed by atoms with van der Waals surface area (Å²) in [6.45, 7) is 6.69. The lowest BCUT2D eigenvalue weighted by atomic mass is 10.3. The molecule has 0 spiro atoms. The van der Waals surface area contributed by atoms with Crippen molar-refractivity contribution in [1.29, 1.82) is 0 Å². The Morgan fingerprint density at radius 2 is 2.25 bits per heavy atom. The Balaban J connectivity index is 2.03. The summed E-state index contributed by atoms with van der Waals surface area (Å²) < 4.78 is 0. The molecule has 1 fully saturated rings. The van der Waals surface area contributed by atoms with E-state index in [1.54, 1.807) is 6.07 Å². The molecule has 5 nitrogen and oxygen atoms in total. The number of nitrogens with one attached hydrogen (secondary N) is 1. The molecule has 0 bridgehead atoms. The molecule has 1 aliphatic heterocycles. The molecule has 0 saturated carbocycles. The van der Waals surface area contributed by atoms with Gasteiger partial charge in [-0.05, 0) is 6.92 Å². The second kappa shape index (κ2) is 4.90. The summed E-state index contributed by atoms with van der Waals surface area (Å²) >= 11 is 1.53. The van der Waals surface area contributed by atoms with E-state index in [0.29, 0.717) is 0 Å². The molecule has 1 aliphatic rings. The van der Waals surface area contributed by atoms with Crippen LogP contribution in [-0.4, -0.2) is 36.0 Å². The molecule has 0 unspecified atom stereocenters. The number of rotatable bonds is 3. The molecule has 0 aromatic carbocycles. The van der Waals surface area contributed by atoms with Gasteiger partial charge >= 0.3 is 0 Å². The zero-order valence-electron chi connectivity index (χ0n) is 9.23. The summed E-state index contributed by atoms with van der Waals surface area (Å²) in [5.41, 5.74) is 0.259. The van der Waals surface area contributed by atoms with Crippen molar-refractivity contribution >= 4 is 17.0 Å². The summed E-state index contributed by atoms with van der Waals surface area (Å²) in [5, 5.41) is 14.0. The number of nitro groups is 1. The maximum absolute atomic E-state index is 10.7. The standard InChI is InChI=1S/C10H15N3O2S/c1-8-10(13(14)15)6-9(16-8)7-12-4-2-11-3-5-12/h6,11H,2-5,7H2,1H3. The van der Waals surface area contributed by atoms with Crippen LogP contribution in [0.15, 0.2) is 6.07 Å². The first kappa shape index (κ1) is 11.5. The van der Waals surface area contributed by atoms with Gasteiger partial charge in [0.15, 0.2) is 0 Å². The van der Waals surface area contributed by atoms with E-state index in [9.17, 15) is 10.1 Å². The lowest BCUT2D eigenvalue weighted by molar-refractivity contribution is -0.385. The van der Waals surface area contributed by atoms with Gasteiger partial charge in [0, 0.05) is 43.7 Å². The molecule has 88 valence electrons. The average Bonchev–Trinajstić information content (AvgIpc) is 2.61. The van der Waals surface area contributed by atoms with Crippen LogP contribution in [0.3, 0.4) is 0 Å². The summed E-state index contributed by atoms with van der Waals surface area (Å²) in [7, 11) is 0. The maximum atomic E-state index is 10.7. The number of piperazine rings is 1. The van der Waals surface area contributed by atoms with E-state index < -0.39 is 0 Å². The number of nitrogens with zero attached hydrogens (tertiary/aromatic N) is 2. The zero-order chi connectivity index (χ0) is 11.5. The van der Waals surface area contributed by atoms with Gasteiger partial charge < -0.3 is 5.32 Å². The van der Waals surface area contributed by atoms with Crippen molar-refractivity contribution in [3.05, 3.63) is 25.9 Å². The molecule has 6 heteroatoms. The third-order valence-electron chi connectivity index (χ3n) is 2.73. The Hall–Kier alpha value is -0.980. The summed E-state index contributed by atoms with van der Waals surface area (Å²) in [6.07, 6.45) is 0. The minimum absolute atomic E-state index is 0.259. The van der Waals surface area contributed by atoms with Crippen molar-refractivity contribution in [3.63, 3.8) is 0 Å². The molecule has 0 amide bonds. The van der Waals surface area contributed by atoms with E-state index in [4.69, 9.17) is 0 Å². The molecule has 16 heavy (non-hydrogen) atoms. The molecule has 2 heterocycles. The second-order valence-corrected chi connectivity index (χ2v) is 5.28. The Labute approximate surface area is 98.2 Å². The fourth-order valence-electron chi connectivity index (χ4n) is 1.88. The predicted molar refractivity (Wildman–Crippen MR) is 63.9 cm³/mol. The van der Waals surface area contributed by atoms with Crippen molar-refractivity contribution in [2.45, 2.75) is 13.5 Å². The quantitative estimate of drug-likeness (QED) is 0.641. The van der Waals surface area contributed by atoms with Gasteiger partial charge in [0.1, 0.15) is 0 Å². The molecule has 1 N–H and O–H groups in total. The summed E-state index contributed by atoms with van der Waals surface area (Å²) in [6, 6.07) is 1.71. The molecule has 1 saturated heterocycles. The van der Waals surface area contributed by atoms with Gasteiger partial charge in [-0.3, -0.25) is 15.0 Å². The van der Waals surface area contributed by atoms with Gasteiger partial charge in [-0.1, -0.05) is 0 Å². The van der Waals surface area contributed by atoms with Crippen LogP contribution < -0.4 is 5.32 Å². The van der Waals surface area contributed by atoms with E-state index in [-0.39, 0.29) is 10.6 Å². The molecule has 2 rings (SSSR count). The highest BCUT2D eigenvalue weighted by atomic mass is 32.1. The van der Waals surface area contributed by atoms with Crippen LogP contribution in [0.5, 0.6) is 0 Å². The Kier molecular flexibility index (Phi) is 3.52. The Morgan fingerprint density at radius 1 is 1.56 bits per heavy atom. The van der Waals surface area contributed by atoms with E-state index in [1.165, 1.54) is 11.3 Å². The summed E-state index contributed by atoms with van der Waals surface area (Å²) in [4.78, 5) is 14.6. The van der Waals surface area contributed by atoms with Crippen molar-refractivity contribution in [2.24, 2.45) is 0 Å². The third-order valence-corrected chi connectivity index (χ3v) is 3.75. The van der Waals surface area contributed by atoms with Gasteiger partial charge in [0.05, 0.1) is 9.80 Å². The fraction of sp³-hybridized carbons (Fsp3) is 0.600. The van der Waals surface area contributed by atoms with Crippen molar-refractivity contribution < 1.29 is 4.92 Å². The summed E-state index contributed by atoms with van der Waals surface area (Å²) in [5.74, 6) is 0. The minimum atomic E-state index is -0.299. The molecular weight excluding hydrogens is 226 g/mol. The predicted octanol–water partition coefficient (Wildman–Crippen LogP) is 1.37. The topological polar surface area (TPSA) is 58.4 Å². The maximum Gasteiger partial charge on any atom is 0.283 e. The number of aryl methyl sites for hydroxylation is 1. The van der Waals surface area contributed by atoms with Gasteiger partial charge in [0.25, 0.3) is 5.69 Å². The number of hydrogen-bond acceptors (Lipinski definition) is 5. The van der Waals surface area contributed by atoms with Crippen LogP contribution in [0.2, 0.25) is 0 Å². The van der Waals surface area contributed by atoms with Crippen LogP contribution >= 0.6 is 11.3 Å². The smallest absolute Gasteiger partial charge is 0.283 e. The van der Waals surface area contributed by atoms with Gasteiger partial charge in [0.2, 0.25) is 0 Å². The average molecular weight is 241 g/mol. The van der Waals surface area contributed by atoms with E-state index >= 15 is 0 Å². The molecule has 1 aromatic rings. The van der Waals surface area contributed by atoms with E-state index in [1.807, 2.05) is 6.92 Å². The largest absolute Gasteiger partial charge is 0.314 e. The van der Waals surface area contributed by atoms with Crippen LogP contribution in [0, 0.1) is 17.0 Å². The fourth-order valence-corrected chi connectivity index (χ4v) is 2.93. The van der Waals surface area contributed by atoms with Crippen LogP contribution in [0.25, 0.3) is 0 Å². The molecule has 1 aromatic heterocycles. The molecular formula is C10H15N3O2S. The van der Waals surface area contributed by atoms with Crippen molar-refractivity contribution in [2.75, 3.05) is 26.2 Å². The second-order valence-electron chi connectivity index (χ2n) is 3.94. The highest BCUT2D eigenvalue weighted by Crippen LogP contribution is 2.28. The number of hydrogen-bond donors (Lipinski definition) is 1. The van der Waals surface area contributed by atoms with Crippen LogP contribution in [0.1, 0.15) is 9.75 Å². The number of thiophene rings is 1. The minimum Gasteiger partial charge on any atom is -0.314 e. The monoisotopic (exact) mass is 241 g/mol. The van der Waals surface area contributed by atoms with Gasteiger partial charge in [-0.15, -0.1) is 11.3 Å². The first-order valence-corrected chi connectivity index (χ1v) is 6.15. The van der Waals surface area contributed by atoms with Crippen molar-refractivity contribution in [1.82, 2.24) is 10.2 Å². The molecule has 0 atom stereocenters. The van der Waals surface area contributed by atoms with Crippen LogP contribution in [-0.2, 0) is 6.54 Å². The van der Waals surface area contributed by atoms with Gasteiger partial charge in [-0.2, -0.15) is 0 Å². The Bertz CT molecular complexity index is 385. The van der Waals surface area contributed by atoms with Gasteiger partial charge in [-0.25, -0.2) is 0 Å². The highest BCUT2D eigenvalue weighted by molar-refractivity contribution is 7.12. The third kappa shape index (κ3) is 2.58. The lowest BCUT2D eigenvalue weighted by Crippen LogP contribution is -2.42. The van der Waals surface area contributed by atoms with Crippen molar-refractivity contribution in [3.8, 4) is 0 Å². The lowest BCUT2D eigenvalue weighted by Gasteiger charge is -2.26. The first-order valence-electron chi connectivity index (χ1n) is 5.33.